The maximum absolute atomic E-state index is 12.5. The van der Waals surface area contributed by atoms with Gasteiger partial charge in [0.2, 0.25) is 0 Å². The smallest absolute Gasteiger partial charge is 0.295 e. The summed E-state index contributed by atoms with van der Waals surface area (Å²) in [6.45, 7) is 2.34. The van der Waals surface area contributed by atoms with E-state index in [1.807, 2.05) is 42.5 Å². The van der Waals surface area contributed by atoms with Crippen LogP contribution in [0.15, 0.2) is 77.7 Å². The molecule has 0 radical (unpaired) electrons. The first kappa shape index (κ1) is 17.5. The summed E-state index contributed by atoms with van der Waals surface area (Å²) in [5, 5.41) is 2.70. The van der Waals surface area contributed by atoms with Crippen LogP contribution in [0.4, 0.5) is 5.69 Å². The van der Waals surface area contributed by atoms with Crippen molar-refractivity contribution in [3.05, 3.63) is 100.0 Å². The van der Waals surface area contributed by atoms with Gasteiger partial charge in [-0.25, -0.2) is 0 Å². The highest BCUT2D eigenvalue weighted by molar-refractivity contribution is 6.03. The van der Waals surface area contributed by atoms with Crippen molar-refractivity contribution < 1.29 is 9.63 Å². The second kappa shape index (κ2) is 8.16. The SMILES string of the molecule is CCc1ccc(COn2cccc(C(=O)Nc3ccccc3)c2=O)cc1. The van der Waals surface area contributed by atoms with E-state index in [1.54, 1.807) is 18.2 Å². The maximum atomic E-state index is 12.5. The molecule has 0 aliphatic carbocycles. The molecule has 5 nitrogen and oxygen atoms in total. The van der Waals surface area contributed by atoms with Gasteiger partial charge in [0.1, 0.15) is 12.2 Å². The molecule has 1 N–H and O–H groups in total. The molecule has 2 aromatic carbocycles. The van der Waals surface area contributed by atoms with Crippen molar-refractivity contribution in [1.82, 2.24) is 4.73 Å². The topological polar surface area (TPSA) is 60.3 Å². The number of rotatable bonds is 6. The number of carbonyl (C=O) groups is 1. The van der Waals surface area contributed by atoms with E-state index >= 15 is 0 Å². The summed E-state index contributed by atoms with van der Waals surface area (Å²) in [4.78, 5) is 30.4. The van der Waals surface area contributed by atoms with E-state index in [4.69, 9.17) is 4.84 Å². The second-order valence-corrected chi connectivity index (χ2v) is 5.82. The van der Waals surface area contributed by atoms with Crippen LogP contribution in [0.5, 0.6) is 0 Å². The molecule has 3 rings (SSSR count). The highest BCUT2D eigenvalue weighted by Gasteiger charge is 2.13. The Morgan fingerprint density at radius 2 is 1.65 bits per heavy atom. The van der Waals surface area contributed by atoms with E-state index < -0.39 is 11.5 Å². The number of amides is 1. The van der Waals surface area contributed by atoms with E-state index in [0.29, 0.717) is 5.69 Å². The van der Waals surface area contributed by atoms with Crippen LogP contribution in [0.3, 0.4) is 0 Å². The summed E-state index contributed by atoms with van der Waals surface area (Å²) in [5.41, 5.74) is 2.35. The van der Waals surface area contributed by atoms with Gasteiger partial charge < -0.3 is 10.2 Å². The molecule has 0 aliphatic rings. The molecule has 0 spiro atoms. The molecule has 0 saturated heterocycles. The van der Waals surface area contributed by atoms with Gasteiger partial charge in [0.05, 0.1) is 0 Å². The quantitative estimate of drug-likeness (QED) is 0.744. The Hall–Kier alpha value is -3.34. The molecule has 1 aromatic heterocycles. The number of hydrogen-bond acceptors (Lipinski definition) is 3. The summed E-state index contributed by atoms with van der Waals surface area (Å²) >= 11 is 0. The van der Waals surface area contributed by atoms with Crippen LogP contribution >= 0.6 is 0 Å². The molecule has 1 amide bonds. The Kier molecular flexibility index (Phi) is 5.49. The van der Waals surface area contributed by atoms with E-state index in [9.17, 15) is 9.59 Å². The number of anilines is 1. The number of aryl methyl sites for hydroxylation is 1. The second-order valence-electron chi connectivity index (χ2n) is 5.82. The first-order valence-corrected chi connectivity index (χ1v) is 8.46. The lowest BCUT2D eigenvalue weighted by molar-refractivity contribution is 0.0863. The average Bonchev–Trinajstić information content (AvgIpc) is 2.68. The molecule has 1 heterocycles. The number of nitrogens with zero attached hydrogens (tertiary/aromatic N) is 1. The zero-order valence-electron chi connectivity index (χ0n) is 14.5. The van der Waals surface area contributed by atoms with Crippen LogP contribution in [0.2, 0.25) is 0 Å². The van der Waals surface area contributed by atoms with Gasteiger partial charge in [-0.3, -0.25) is 9.59 Å². The number of aromatic nitrogens is 1. The summed E-state index contributed by atoms with van der Waals surface area (Å²) < 4.78 is 1.09. The molecule has 132 valence electrons. The largest absolute Gasteiger partial charge is 0.406 e. The van der Waals surface area contributed by atoms with Gasteiger partial charge >= 0.3 is 0 Å². The van der Waals surface area contributed by atoms with Crippen molar-refractivity contribution in [3.8, 4) is 0 Å². The van der Waals surface area contributed by atoms with E-state index in [-0.39, 0.29) is 12.2 Å². The highest BCUT2D eigenvalue weighted by atomic mass is 16.7. The van der Waals surface area contributed by atoms with Gasteiger partial charge in [-0.15, -0.1) is 0 Å². The lowest BCUT2D eigenvalue weighted by atomic mass is 10.1. The molecule has 5 heteroatoms. The van der Waals surface area contributed by atoms with Gasteiger partial charge in [0, 0.05) is 11.9 Å². The number of pyridine rings is 1. The molecule has 0 aliphatic heterocycles. The third kappa shape index (κ3) is 4.19. The number of para-hydroxylation sites is 1. The van der Waals surface area contributed by atoms with Gasteiger partial charge in [-0.05, 0) is 41.8 Å². The van der Waals surface area contributed by atoms with Crippen LogP contribution in [-0.4, -0.2) is 10.6 Å². The maximum Gasteiger partial charge on any atom is 0.295 e. The first-order valence-electron chi connectivity index (χ1n) is 8.46. The van der Waals surface area contributed by atoms with Crippen molar-refractivity contribution >= 4 is 11.6 Å². The zero-order chi connectivity index (χ0) is 18.4. The number of benzene rings is 2. The van der Waals surface area contributed by atoms with Crippen molar-refractivity contribution in [1.29, 1.82) is 0 Å². The highest BCUT2D eigenvalue weighted by Crippen LogP contribution is 2.07. The number of hydrogen-bond donors (Lipinski definition) is 1. The summed E-state index contributed by atoms with van der Waals surface area (Å²) in [5.74, 6) is -0.466. The van der Waals surface area contributed by atoms with Gasteiger partial charge in [-0.2, -0.15) is 4.73 Å². The molecule has 0 fully saturated rings. The lowest BCUT2D eigenvalue weighted by Crippen LogP contribution is -2.32. The Balaban J connectivity index is 1.72. The lowest BCUT2D eigenvalue weighted by Gasteiger charge is -2.10. The van der Waals surface area contributed by atoms with Gasteiger partial charge in [-0.1, -0.05) is 49.4 Å². The predicted molar refractivity (Wildman–Crippen MR) is 101 cm³/mol. The molecule has 0 unspecified atom stereocenters. The van der Waals surface area contributed by atoms with Gasteiger partial charge in [0.25, 0.3) is 11.5 Å². The summed E-state index contributed by atoms with van der Waals surface area (Å²) in [6, 6.07) is 20.1. The third-order valence-electron chi connectivity index (χ3n) is 3.99. The molecule has 26 heavy (non-hydrogen) atoms. The van der Waals surface area contributed by atoms with Crippen molar-refractivity contribution in [2.45, 2.75) is 20.0 Å². The Morgan fingerprint density at radius 1 is 0.962 bits per heavy atom. The first-order chi connectivity index (χ1) is 12.7. The molecule has 0 bridgehead atoms. The minimum Gasteiger partial charge on any atom is -0.406 e. The van der Waals surface area contributed by atoms with Gasteiger partial charge in [0.15, 0.2) is 0 Å². The van der Waals surface area contributed by atoms with Crippen LogP contribution in [-0.2, 0) is 13.0 Å². The van der Waals surface area contributed by atoms with Crippen LogP contribution < -0.4 is 15.7 Å². The third-order valence-corrected chi connectivity index (χ3v) is 3.99. The Morgan fingerprint density at radius 3 is 2.35 bits per heavy atom. The van der Waals surface area contributed by atoms with Crippen molar-refractivity contribution in [2.24, 2.45) is 0 Å². The zero-order valence-corrected chi connectivity index (χ0v) is 14.5. The van der Waals surface area contributed by atoms with Crippen molar-refractivity contribution in [2.75, 3.05) is 5.32 Å². The normalized spacial score (nSPS) is 10.3. The number of carbonyl (C=O) groups excluding carboxylic acids is 1. The van der Waals surface area contributed by atoms with E-state index in [2.05, 4.69) is 12.2 Å². The molecule has 3 aromatic rings. The fraction of sp³-hybridized carbons (Fsp3) is 0.143. The number of nitrogens with one attached hydrogen (secondary N) is 1. The fourth-order valence-corrected chi connectivity index (χ4v) is 2.48. The summed E-state index contributed by atoms with van der Waals surface area (Å²) in [7, 11) is 0. The van der Waals surface area contributed by atoms with Crippen molar-refractivity contribution in [3.63, 3.8) is 0 Å². The Labute approximate surface area is 151 Å². The Bertz CT molecular complexity index is 931. The standard InChI is InChI=1S/C21H20N2O3/c1-2-16-10-12-17(13-11-16)15-26-23-14-6-9-19(21(23)25)20(24)22-18-7-4-3-5-8-18/h3-14H,2,15H2,1H3,(H,22,24). The molecular formula is C21H20N2O3. The molecule has 0 atom stereocenters. The average molecular weight is 348 g/mol. The van der Waals surface area contributed by atoms with Crippen LogP contribution in [0.25, 0.3) is 0 Å². The fourth-order valence-electron chi connectivity index (χ4n) is 2.48. The molecular weight excluding hydrogens is 328 g/mol. The summed E-state index contributed by atoms with van der Waals surface area (Å²) in [6.07, 6.45) is 2.47. The van der Waals surface area contributed by atoms with Crippen LogP contribution in [0, 0.1) is 0 Å². The van der Waals surface area contributed by atoms with E-state index in [0.717, 1.165) is 16.7 Å². The van der Waals surface area contributed by atoms with Crippen LogP contribution in [0.1, 0.15) is 28.4 Å². The monoisotopic (exact) mass is 348 g/mol. The minimum atomic E-state index is -0.494. The van der Waals surface area contributed by atoms with E-state index in [1.165, 1.54) is 17.8 Å². The molecule has 0 saturated carbocycles. The predicted octanol–water partition coefficient (Wildman–Crippen LogP) is 3.29. The minimum absolute atomic E-state index is 0.0256.